The van der Waals surface area contributed by atoms with E-state index in [2.05, 4.69) is 10.1 Å². The summed E-state index contributed by atoms with van der Waals surface area (Å²) in [5.74, 6) is 0.121. The zero-order valence-electron chi connectivity index (χ0n) is 16.5. The maximum Gasteiger partial charge on any atom is 0.249 e. The van der Waals surface area contributed by atoms with Crippen LogP contribution in [0.5, 0.6) is 0 Å². The number of allylic oxidation sites excluding steroid dienone is 2. The summed E-state index contributed by atoms with van der Waals surface area (Å²) < 4.78 is 31.9. The van der Waals surface area contributed by atoms with Crippen molar-refractivity contribution in [1.29, 1.82) is 0 Å². The van der Waals surface area contributed by atoms with Crippen molar-refractivity contribution in [1.82, 2.24) is 15.0 Å². The predicted octanol–water partition coefficient (Wildman–Crippen LogP) is 3.64. The van der Waals surface area contributed by atoms with E-state index in [-0.39, 0.29) is 42.5 Å². The molecule has 0 spiro atoms. The summed E-state index contributed by atoms with van der Waals surface area (Å²) in [6, 6.07) is 5.94. The minimum Gasteiger partial charge on any atom is -0.337 e. The van der Waals surface area contributed by atoms with Gasteiger partial charge in [0, 0.05) is 25.4 Å². The number of nitrogens with two attached hydrogens (primary N) is 1. The van der Waals surface area contributed by atoms with Crippen LogP contribution in [0, 0.1) is 5.82 Å². The topological polar surface area (TPSA) is 85.2 Å². The quantitative estimate of drug-likeness (QED) is 0.726. The van der Waals surface area contributed by atoms with Crippen molar-refractivity contribution in [2.24, 2.45) is 5.73 Å². The van der Waals surface area contributed by atoms with Gasteiger partial charge in [0.25, 0.3) is 0 Å². The Morgan fingerprint density at radius 2 is 2.24 bits per heavy atom. The van der Waals surface area contributed by atoms with E-state index in [9.17, 15) is 13.6 Å². The van der Waals surface area contributed by atoms with Crippen molar-refractivity contribution in [3.8, 4) is 0 Å². The Labute approximate surface area is 168 Å². The standard InChI is InChI=1S/C21H26F2N4O2/c1-14(22)8-11-19-25-21(29-26-19)18-7-4-12-27(18)20(28)13-16(24)10-9-15-5-2-3-6-17(15)23/h2-3,5-6,8,16,18H,4,7,9-13,24H2,1H3/b14-8+. The molecule has 1 aliphatic heterocycles. The van der Waals surface area contributed by atoms with Gasteiger partial charge in [-0.3, -0.25) is 4.79 Å². The van der Waals surface area contributed by atoms with Crippen molar-refractivity contribution in [2.75, 3.05) is 6.54 Å². The van der Waals surface area contributed by atoms with Crippen LogP contribution in [0.3, 0.4) is 0 Å². The molecule has 0 saturated carbocycles. The van der Waals surface area contributed by atoms with Gasteiger partial charge in [0.05, 0.1) is 5.83 Å². The van der Waals surface area contributed by atoms with Gasteiger partial charge in [0.15, 0.2) is 5.82 Å². The Morgan fingerprint density at radius 1 is 1.45 bits per heavy atom. The van der Waals surface area contributed by atoms with Crippen LogP contribution < -0.4 is 5.73 Å². The van der Waals surface area contributed by atoms with Crippen LogP contribution in [-0.4, -0.2) is 33.5 Å². The number of carbonyl (C=O) groups is 1. The minimum absolute atomic E-state index is 0.0761. The van der Waals surface area contributed by atoms with Crippen LogP contribution in [0.4, 0.5) is 8.78 Å². The van der Waals surface area contributed by atoms with E-state index < -0.39 is 0 Å². The number of aromatic nitrogens is 2. The second-order valence-corrected chi connectivity index (χ2v) is 7.38. The lowest BCUT2D eigenvalue weighted by atomic mass is 10.0. The lowest BCUT2D eigenvalue weighted by molar-refractivity contribution is -0.133. The molecule has 1 aromatic heterocycles. The number of halogens is 2. The summed E-state index contributed by atoms with van der Waals surface area (Å²) in [6.07, 6.45) is 4.37. The highest BCUT2D eigenvalue weighted by atomic mass is 19.1. The Balaban J connectivity index is 1.55. The first-order chi connectivity index (χ1) is 13.9. The number of amides is 1. The molecule has 2 unspecified atom stereocenters. The highest BCUT2D eigenvalue weighted by molar-refractivity contribution is 5.77. The minimum atomic E-state index is -0.362. The molecule has 0 bridgehead atoms. The molecule has 6 nitrogen and oxygen atoms in total. The SMILES string of the molecule is C/C(F)=C\Cc1noc(C2CCCN2C(=O)CC(N)CCc2ccccc2F)n1. The average molecular weight is 404 g/mol. The van der Waals surface area contributed by atoms with E-state index in [0.29, 0.717) is 36.7 Å². The Bertz CT molecular complexity index is 864. The molecule has 0 aliphatic carbocycles. The van der Waals surface area contributed by atoms with Crippen LogP contribution in [0.2, 0.25) is 0 Å². The van der Waals surface area contributed by atoms with Gasteiger partial charge in [0.2, 0.25) is 11.8 Å². The van der Waals surface area contributed by atoms with Crippen LogP contribution in [-0.2, 0) is 17.6 Å². The van der Waals surface area contributed by atoms with Gasteiger partial charge in [-0.05, 0) is 50.3 Å². The molecule has 1 saturated heterocycles. The average Bonchev–Trinajstić information content (AvgIpc) is 3.34. The zero-order chi connectivity index (χ0) is 20.8. The molecule has 2 atom stereocenters. The third kappa shape index (κ3) is 5.69. The molecule has 29 heavy (non-hydrogen) atoms. The number of nitrogens with zero attached hydrogens (tertiary/aromatic N) is 3. The van der Waals surface area contributed by atoms with Gasteiger partial charge in [-0.25, -0.2) is 8.78 Å². The number of rotatable bonds is 8. The Morgan fingerprint density at radius 3 is 3.00 bits per heavy atom. The summed E-state index contributed by atoms with van der Waals surface area (Å²) in [4.78, 5) is 18.8. The zero-order valence-corrected chi connectivity index (χ0v) is 16.5. The summed E-state index contributed by atoms with van der Waals surface area (Å²) in [5, 5.41) is 3.86. The summed E-state index contributed by atoms with van der Waals surface area (Å²) >= 11 is 0. The molecule has 1 aromatic carbocycles. The lowest BCUT2D eigenvalue weighted by Gasteiger charge is -2.23. The second kappa shape index (κ2) is 9.73. The van der Waals surface area contributed by atoms with E-state index in [1.807, 2.05) is 0 Å². The molecule has 2 heterocycles. The maximum absolute atomic E-state index is 13.7. The Kier molecular flexibility index (Phi) is 7.09. The summed E-state index contributed by atoms with van der Waals surface area (Å²) in [6.45, 7) is 1.96. The monoisotopic (exact) mass is 404 g/mol. The first-order valence-corrected chi connectivity index (χ1v) is 9.87. The summed E-state index contributed by atoms with van der Waals surface area (Å²) in [5.41, 5.74) is 6.74. The summed E-state index contributed by atoms with van der Waals surface area (Å²) in [7, 11) is 0. The highest BCUT2D eigenvalue weighted by Crippen LogP contribution is 2.31. The third-order valence-electron chi connectivity index (χ3n) is 5.09. The third-order valence-corrected chi connectivity index (χ3v) is 5.09. The molecule has 1 amide bonds. The van der Waals surface area contributed by atoms with E-state index in [4.69, 9.17) is 10.3 Å². The molecule has 0 radical (unpaired) electrons. The molecule has 8 heteroatoms. The highest BCUT2D eigenvalue weighted by Gasteiger charge is 2.34. The molecule has 1 aliphatic rings. The van der Waals surface area contributed by atoms with Crippen LogP contribution in [0.1, 0.15) is 55.9 Å². The van der Waals surface area contributed by atoms with E-state index in [1.54, 1.807) is 23.1 Å². The van der Waals surface area contributed by atoms with E-state index in [1.165, 1.54) is 19.1 Å². The fourth-order valence-corrected chi connectivity index (χ4v) is 3.53. The fraction of sp³-hybridized carbons (Fsp3) is 0.476. The molecule has 3 rings (SSSR count). The number of hydrogen-bond donors (Lipinski definition) is 1. The normalized spacial score (nSPS) is 18.3. The van der Waals surface area contributed by atoms with Crippen molar-refractivity contribution in [2.45, 2.75) is 57.5 Å². The van der Waals surface area contributed by atoms with Gasteiger partial charge in [-0.2, -0.15) is 4.98 Å². The van der Waals surface area contributed by atoms with Crippen molar-refractivity contribution < 1.29 is 18.1 Å². The number of likely N-dealkylation sites (tertiary alicyclic amines) is 1. The van der Waals surface area contributed by atoms with Crippen LogP contribution in [0.15, 0.2) is 40.7 Å². The van der Waals surface area contributed by atoms with Crippen LogP contribution in [0.25, 0.3) is 0 Å². The van der Waals surface area contributed by atoms with Gasteiger partial charge >= 0.3 is 0 Å². The van der Waals surface area contributed by atoms with Gasteiger partial charge < -0.3 is 15.2 Å². The smallest absolute Gasteiger partial charge is 0.249 e. The van der Waals surface area contributed by atoms with E-state index in [0.717, 1.165) is 12.8 Å². The number of hydrogen-bond acceptors (Lipinski definition) is 5. The van der Waals surface area contributed by atoms with Crippen molar-refractivity contribution >= 4 is 5.91 Å². The molecular formula is C21H26F2N4O2. The number of benzene rings is 1. The van der Waals surface area contributed by atoms with Crippen molar-refractivity contribution in [3.05, 3.63) is 59.3 Å². The molecule has 156 valence electrons. The largest absolute Gasteiger partial charge is 0.337 e. The number of carbonyl (C=O) groups excluding carboxylic acids is 1. The second-order valence-electron chi connectivity index (χ2n) is 7.38. The first-order valence-electron chi connectivity index (χ1n) is 9.87. The molecule has 2 N–H and O–H groups in total. The van der Waals surface area contributed by atoms with Gasteiger partial charge in [0.1, 0.15) is 11.9 Å². The lowest BCUT2D eigenvalue weighted by Crippen LogP contribution is -2.36. The van der Waals surface area contributed by atoms with Crippen molar-refractivity contribution in [3.63, 3.8) is 0 Å². The van der Waals surface area contributed by atoms with Gasteiger partial charge in [-0.1, -0.05) is 23.4 Å². The first kappa shape index (κ1) is 21.1. The van der Waals surface area contributed by atoms with Crippen LogP contribution >= 0.6 is 0 Å². The Hall–Kier alpha value is -2.61. The molecule has 2 aromatic rings. The van der Waals surface area contributed by atoms with E-state index >= 15 is 0 Å². The predicted molar refractivity (Wildman–Crippen MR) is 104 cm³/mol. The number of aryl methyl sites for hydroxylation is 1. The fourth-order valence-electron chi connectivity index (χ4n) is 3.53. The molecular weight excluding hydrogens is 378 g/mol. The van der Waals surface area contributed by atoms with Gasteiger partial charge in [-0.15, -0.1) is 0 Å². The molecule has 1 fully saturated rings. The maximum atomic E-state index is 13.7.